The summed E-state index contributed by atoms with van der Waals surface area (Å²) in [5.41, 5.74) is 6.14. The molecule has 0 bridgehead atoms. The standard InChI is InChI=1S/C14H18N2O4S/c1-16(10-12-6-8-19-11-12)21(17,18)14-4-2-13(3-5-14)20-9-7-15/h2-6,8,11H,7,9-10,15H2,1H3. The SMILES string of the molecule is CN(Cc1ccoc1)S(=O)(=O)c1ccc(OCCN)cc1. The van der Waals surface area contributed by atoms with Gasteiger partial charge in [-0.1, -0.05) is 0 Å². The van der Waals surface area contributed by atoms with Gasteiger partial charge in [-0.15, -0.1) is 0 Å². The maximum atomic E-state index is 12.4. The quantitative estimate of drug-likeness (QED) is 0.836. The van der Waals surface area contributed by atoms with Crippen LogP contribution in [0.25, 0.3) is 0 Å². The molecule has 0 fully saturated rings. The fourth-order valence-electron chi connectivity index (χ4n) is 1.79. The Morgan fingerprint density at radius 1 is 1.24 bits per heavy atom. The number of hydrogen-bond acceptors (Lipinski definition) is 5. The highest BCUT2D eigenvalue weighted by atomic mass is 32.2. The van der Waals surface area contributed by atoms with E-state index in [1.54, 1.807) is 18.2 Å². The van der Waals surface area contributed by atoms with Crippen molar-refractivity contribution in [1.29, 1.82) is 0 Å². The summed E-state index contributed by atoms with van der Waals surface area (Å²) < 4.78 is 36.4. The molecule has 0 unspecified atom stereocenters. The van der Waals surface area contributed by atoms with Gasteiger partial charge in [0.1, 0.15) is 12.4 Å². The average Bonchev–Trinajstić information content (AvgIpc) is 2.98. The van der Waals surface area contributed by atoms with Crippen molar-refractivity contribution in [2.24, 2.45) is 5.73 Å². The number of furan rings is 1. The van der Waals surface area contributed by atoms with Crippen molar-refractivity contribution in [1.82, 2.24) is 4.31 Å². The Morgan fingerprint density at radius 2 is 1.95 bits per heavy atom. The number of hydrogen-bond donors (Lipinski definition) is 1. The van der Waals surface area contributed by atoms with Gasteiger partial charge in [0.25, 0.3) is 0 Å². The maximum absolute atomic E-state index is 12.4. The zero-order valence-corrected chi connectivity index (χ0v) is 12.5. The molecule has 1 aromatic heterocycles. The summed E-state index contributed by atoms with van der Waals surface area (Å²) in [5.74, 6) is 0.594. The maximum Gasteiger partial charge on any atom is 0.243 e. The van der Waals surface area contributed by atoms with E-state index in [1.807, 2.05) is 0 Å². The molecule has 0 aliphatic carbocycles. The number of nitrogens with zero attached hydrogens (tertiary/aromatic N) is 1. The minimum Gasteiger partial charge on any atom is -0.492 e. The van der Waals surface area contributed by atoms with Crippen molar-refractivity contribution in [3.63, 3.8) is 0 Å². The molecule has 0 amide bonds. The first-order valence-corrected chi connectivity index (χ1v) is 7.88. The molecule has 1 aromatic carbocycles. The van der Waals surface area contributed by atoms with Gasteiger partial charge >= 0.3 is 0 Å². The smallest absolute Gasteiger partial charge is 0.243 e. The fourth-order valence-corrected chi connectivity index (χ4v) is 2.95. The molecule has 0 saturated heterocycles. The molecule has 0 saturated carbocycles. The fraction of sp³-hybridized carbons (Fsp3) is 0.286. The predicted molar refractivity (Wildman–Crippen MR) is 78.4 cm³/mol. The molecular weight excluding hydrogens is 292 g/mol. The molecule has 7 heteroatoms. The molecule has 2 rings (SSSR count). The highest BCUT2D eigenvalue weighted by Gasteiger charge is 2.21. The van der Waals surface area contributed by atoms with E-state index in [4.69, 9.17) is 14.9 Å². The second-order valence-electron chi connectivity index (χ2n) is 4.50. The zero-order valence-electron chi connectivity index (χ0n) is 11.7. The molecule has 2 N–H and O–H groups in total. The third-order valence-corrected chi connectivity index (χ3v) is 4.72. The normalized spacial score (nSPS) is 11.8. The van der Waals surface area contributed by atoms with Gasteiger partial charge in [0.15, 0.2) is 0 Å². The van der Waals surface area contributed by atoms with E-state index in [2.05, 4.69) is 0 Å². The van der Waals surface area contributed by atoms with Gasteiger partial charge < -0.3 is 14.9 Å². The van der Waals surface area contributed by atoms with Crippen molar-refractivity contribution < 1.29 is 17.6 Å². The van der Waals surface area contributed by atoms with Crippen LogP contribution in [0, 0.1) is 0 Å². The number of benzene rings is 1. The Balaban J connectivity index is 2.11. The minimum absolute atomic E-state index is 0.216. The number of rotatable bonds is 7. The molecule has 0 spiro atoms. The van der Waals surface area contributed by atoms with E-state index in [0.29, 0.717) is 18.9 Å². The summed E-state index contributed by atoms with van der Waals surface area (Å²) in [4.78, 5) is 0.216. The van der Waals surface area contributed by atoms with Gasteiger partial charge in [0.2, 0.25) is 10.0 Å². The van der Waals surface area contributed by atoms with Crippen molar-refractivity contribution >= 4 is 10.0 Å². The van der Waals surface area contributed by atoms with E-state index in [9.17, 15) is 8.42 Å². The van der Waals surface area contributed by atoms with Gasteiger partial charge in [0, 0.05) is 25.7 Å². The Labute approximate surface area is 124 Å². The van der Waals surface area contributed by atoms with Crippen LogP contribution in [0.1, 0.15) is 5.56 Å². The Hall–Kier alpha value is -1.83. The third-order valence-electron chi connectivity index (χ3n) is 2.90. The van der Waals surface area contributed by atoms with Crippen molar-refractivity contribution in [2.45, 2.75) is 11.4 Å². The van der Waals surface area contributed by atoms with Gasteiger partial charge in [-0.25, -0.2) is 8.42 Å². The van der Waals surface area contributed by atoms with E-state index in [-0.39, 0.29) is 11.4 Å². The summed E-state index contributed by atoms with van der Waals surface area (Å²) >= 11 is 0. The van der Waals surface area contributed by atoms with Gasteiger partial charge in [-0.2, -0.15) is 4.31 Å². The first-order chi connectivity index (χ1) is 10.0. The lowest BCUT2D eigenvalue weighted by molar-refractivity contribution is 0.328. The first-order valence-electron chi connectivity index (χ1n) is 6.44. The van der Waals surface area contributed by atoms with Crippen molar-refractivity contribution in [3.8, 4) is 5.75 Å². The minimum atomic E-state index is -3.54. The van der Waals surface area contributed by atoms with E-state index < -0.39 is 10.0 Å². The largest absolute Gasteiger partial charge is 0.492 e. The summed E-state index contributed by atoms with van der Waals surface area (Å²) in [6.45, 7) is 1.06. The van der Waals surface area contributed by atoms with Crippen LogP contribution in [0.15, 0.2) is 52.2 Å². The van der Waals surface area contributed by atoms with Gasteiger partial charge in [0.05, 0.1) is 17.4 Å². The molecule has 2 aromatic rings. The zero-order chi connectivity index (χ0) is 15.3. The topological polar surface area (TPSA) is 85.8 Å². The van der Waals surface area contributed by atoms with E-state index in [1.165, 1.54) is 36.0 Å². The highest BCUT2D eigenvalue weighted by molar-refractivity contribution is 7.89. The lowest BCUT2D eigenvalue weighted by atomic mass is 10.3. The number of sulfonamides is 1. The van der Waals surface area contributed by atoms with Crippen LogP contribution in [-0.2, 0) is 16.6 Å². The summed E-state index contributed by atoms with van der Waals surface area (Å²) in [5, 5.41) is 0. The van der Waals surface area contributed by atoms with Crippen LogP contribution in [0.4, 0.5) is 0 Å². The summed E-state index contributed by atoms with van der Waals surface area (Å²) in [7, 11) is -2.01. The van der Waals surface area contributed by atoms with Crippen LogP contribution in [0.3, 0.4) is 0 Å². The summed E-state index contributed by atoms with van der Waals surface area (Å²) in [6.07, 6.45) is 3.04. The first kappa shape index (κ1) is 15.6. The molecule has 1 heterocycles. The lowest BCUT2D eigenvalue weighted by Gasteiger charge is -2.16. The highest BCUT2D eigenvalue weighted by Crippen LogP contribution is 2.20. The van der Waals surface area contributed by atoms with Gasteiger partial charge in [-0.3, -0.25) is 0 Å². The number of ether oxygens (including phenoxy) is 1. The van der Waals surface area contributed by atoms with Crippen LogP contribution in [-0.4, -0.2) is 32.9 Å². The van der Waals surface area contributed by atoms with E-state index >= 15 is 0 Å². The molecule has 0 aliphatic rings. The molecule has 0 atom stereocenters. The molecule has 0 radical (unpaired) electrons. The van der Waals surface area contributed by atoms with Crippen LogP contribution < -0.4 is 10.5 Å². The van der Waals surface area contributed by atoms with Crippen LogP contribution in [0.5, 0.6) is 5.75 Å². The Bertz CT molecular complexity index is 651. The monoisotopic (exact) mass is 310 g/mol. The summed E-state index contributed by atoms with van der Waals surface area (Å²) in [6, 6.07) is 8.01. The predicted octanol–water partition coefficient (Wildman–Crippen LogP) is 1.44. The molecule has 114 valence electrons. The lowest BCUT2D eigenvalue weighted by Crippen LogP contribution is -2.26. The van der Waals surface area contributed by atoms with Gasteiger partial charge in [-0.05, 0) is 30.3 Å². The third kappa shape index (κ3) is 3.84. The van der Waals surface area contributed by atoms with Crippen molar-refractivity contribution in [2.75, 3.05) is 20.2 Å². The molecule has 6 nitrogen and oxygen atoms in total. The Morgan fingerprint density at radius 3 is 2.52 bits per heavy atom. The second-order valence-corrected chi connectivity index (χ2v) is 6.55. The second kappa shape index (κ2) is 6.75. The van der Waals surface area contributed by atoms with E-state index in [0.717, 1.165) is 5.56 Å². The Kier molecular flexibility index (Phi) is 5.00. The van der Waals surface area contributed by atoms with Crippen LogP contribution in [0.2, 0.25) is 0 Å². The molecular formula is C14H18N2O4S. The van der Waals surface area contributed by atoms with Crippen LogP contribution >= 0.6 is 0 Å². The number of nitrogens with two attached hydrogens (primary N) is 1. The van der Waals surface area contributed by atoms with Crippen molar-refractivity contribution in [3.05, 3.63) is 48.4 Å². The molecule has 21 heavy (non-hydrogen) atoms. The average molecular weight is 310 g/mol. The molecule has 0 aliphatic heterocycles.